The summed E-state index contributed by atoms with van der Waals surface area (Å²) >= 11 is 0. The van der Waals surface area contributed by atoms with Gasteiger partial charge in [0.1, 0.15) is 18.0 Å². The summed E-state index contributed by atoms with van der Waals surface area (Å²) in [4.78, 5) is 28.4. The first kappa shape index (κ1) is 25.9. The minimum absolute atomic E-state index is 0.0163. The van der Waals surface area contributed by atoms with E-state index in [9.17, 15) is 14.0 Å². The van der Waals surface area contributed by atoms with Crippen LogP contribution in [0.15, 0.2) is 54.6 Å². The molecule has 4 rings (SSSR count). The van der Waals surface area contributed by atoms with Crippen LogP contribution in [0.5, 0.6) is 0 Å². The molecule has 0 spiro atoms. The lowest BCUT2D eigenvalue weighted by atomic mass is 9.92. The Hall–Kier alpha value is -3.16. The molecule has 1 fully saturated rings. The first-order valence-electron chi connectivity index (χ1n) is 12.1. The Labute approximate surface area is 213 Å². The van der Waals surface area contributed by atoms with Gasteiger partial charge in [-0.2, -0.15) is 0 Å². The molecule has 0 aliphatic heterocycles. The summed E-state index contributed by atoms with van der Waals surface area (Å²) in [5.41, 5.74) is 4.65. The maximum Gasteiger partial charge on any atom is 0.310 e. The van der Waals surface area contributed by atoms with Crippen LogP contribution in [-0.4, -0.2) is 37.7 Å². The predicted molar refractivity (Wildman–Crippen MR) is 140 cm³/mol. The number of hydrogen-bond donors (Lipinski definition) is 1. The molecular formula is C29H30FNO4Si. The number of aliphatic carboxylic acids is 1. The maximum absolute atomic E-state index is 13.8. The Morgan fingerprint density at radius 3 is 2.50 bits per heavy atom. The van der Waals surface area contributed by atoms with Gasteiger partial charge >= 0.3 is 5.97 Å². The zero-order valence-corrected chi connectivity index (χ0v) is 21.8. The van der Waals surface area contributed by atoms with E-state index < -0.39 is 18.5 Å². The smallest absolute Gasteiger partial charge is 0.310 e. The molecule has 2 radical (unpaired) electrons. The van der Waals surface area contributed by atoms with Gasteiger partial charge in [-0.1, -0.05) is 63.3 Å². The van der Waals surface area contributed by atoms with Crippen molar-refractivity contribution in [3.05, 3.63) is 71.7 Å². The molecule has 7 heteroatoms. The van der Waals surface area contributed by atoms with Crippen molar-refractivity contribution in [2.75, 3.05) is 0 Å². The third kappa shape index (κ3) is 6.74. The molecule has 186 valence electrons. The summed E-state index contributed by atoms with van der Waals surface area (Å²) in [5.74, 6) is -1.48. The number of para-hydroxylation sites is 1. The summed E-state index contributed by atoms with van der Waals surface area (Å²) in [5, 5.41) is 9.91. The lowest BCUT2D eigenvalue weighted by Gasteiger charge is -2.21. The van der Waals surface area contributed by atoms with Crippen LogP contribution in [0.25, 0.3) is 28.1 Å². The van der Waals surface area contributed by atoms with Crippen LogP contribution in [0.3, 0.4) is 0 Å². The Bertz CT molecular complexity index is 1290. The highest BCUT2D eigenvalue weighted by Crippen LogP contribution is 2.45. The highest BCUT2D eigenvalue weighted by Gasteiger charge is 2.30. The van der Waals surface area contributed by atoms with Crippen LogP contribution in [0.2, 0.25) is 5.04 Å². The number of hydrogen-bond acceptors (Lipinski definition) is 4. The van der Waals surface area contributed by atoms with E-state index in [0.717, 1.165) is 46.1 Å². The number of carboxylic acid groups (broad SMARTS) is 1. The highest BCUT2D eigenvalue weighted by atomic mass is 28.2. The van der Waals surface area contributed by atoms with Gasteiger partial charge in [-0.25, -0.2) is 4.39 Å². The van der Waals surface area contributed by atoms with E-state index in [4.69, 9.17) is 14.5 Å². The first-order chi connectivity index (χ1) is 17.1. The van der Waals surface area contributed by atoms with E-state index in [-0.39, 0.29) is 32.8 Å². The summed E-state index contributed by atoms with van der Waals surface area (Å²) in [6.07, 6.45) is 4.81. The van der Waals surface area contributed by atoms with Crippen LogP contribution in [0.4, 0.5) is 4.39 Å². The van der Waals surface area contributed by atoms with Gasteiger partial charge in [0.15, 0.2) is 0 Å². The molecule has 1 aliphatic carbocycles. The largest absolute Gasteiger partial charge is 0.481 e. The molecule has 0 amide bonds. The topological polar surface area (TPSA) is 76.5 Å². The molecule has 3 aromatic rings. The quantitative estimate of drug-likeness (QED) is 0.250. The second-order valence-electron chi connectivity index (χ2n) is 10.3. The van der Waals surface area contributed by atoms with Crippen LogP contribution in [-0.2, 0) is 14.0 Å². The van der Waals surface area contributed by atoms with Crippen molar-refractivity contribution in [2.45, 2.75) is 63.5 Å². The summed E-state index contributed by atoms with van der Waals surface area (Å²) in [6, 6.07) is 14.4. The standard InChI is InChI=1S/C29H30FNO4Si/c1-29(2,3)36-35-22(16-21(32)17-26(33)34)14-15-24-27(18-10-12-20(30)13-11-18)23-6-4-5-7-25(23)31-28(24)19-8-9-19/h4-7,10-15,19,22H,8-9,16-17H2,1-3H3,(H,33,34)/t22-/m1/s1. The van der Waals surface area contributed by atoms with Crippen molar-refractivity contribution in [3.8, 4) is 11.1 Å². The normalized spacial score (nSPS) is 14.9. The van der Waals surface area contributed by atoms with Gasteiger partial charge in [-0.05, 0) is 41.6 Å². The molecule has 5 nitrogen and oxygen atoms in total. The fraction of sp³-hybridized carbons (Fsp3) is 0.345. The Balaban J connectivity index is 1.80. The van der Waals surface area contributed by atoms with Gasteiger partial charge in [0.05, 0.1) is 17.3 Å². The van der Waals surface area contributed by atoms with Crippen molar-refractivity contribution in [1.82, 2.24) is 4.98 Å². The number of rotatable bonds is 10. The molecule has 0 saturated heterocycles. The van der Waals surface area contributed by atoms with Gasteiger partial charge in [0, 0.05) is 28.9 Å². The molecule has 1 N–H and O–H groups in total. The van der Waals surface area contributed by atoms with Gasteiger partial charge < -0.3 is 9.53 Å². The van der Waals surface area contributed by atoms with E-state index in [1.807, 2.05) is 36.4 Å². The van der Waals surface area contributed by atoms with Crippen molar-refractivity contribution < 1.29 is 23.5 Å². The number of benzene rings is 2. The molecule has 1 atom stereocenters. The molecule has 1 aliphatic rings. The van der Waals surface area contributed by atoms with Crippen molar-refractivity contribution in [1.29, 1.82) is 0 Å². The number of aromatic nitrogens is 1. The SMILES string of the molecule is CC(C)(C)[Si]O[C@H](C=Cc1c(C2CC2)nc2ccccc2c1-c1ccc(F)cc1)CC(=O)CC(=O)O. The number of carbonyl (C=O) groups is 2. The van der Waals surface area contributed by atoms with Crippen LogP contribution in [0.1, 0.15) is 63.6 Å². The minimum atomic E-state index is -1.14. The van der Waals surface area contributed by atoms with Crippen LogP contribution in [0, 0.1) is 5.82 Å². The number of fused-ring (bicyclic) bond motifs is 1. The molecular weight excluding hydrogens is 473 g/mol. The summed E-state index contributed by atoms with van der Waals surface area (Å²) < 4.78 is 19.9. The first-order valence-corrected chi connectivity index (χ1v) is 13.0. The molecule has 0 unspecified atom stereocenters. The lowest BCUT2D eigenvalue weighted by molar-refractivity contribution is -0.140. The highest BCUT2D eigenvalue weighted by molar-refractivity contribution is 6.31. The van der Waals surface area contributed by atoms with Crippen molar-refractivity contribution in [3.63, 3.8) is 0 Å². The van der Waals surface area contributed by atoms with Gasteiger partial charge in [-0.15, -0.1) is 0 Å². The van der Waals surface area contributed by atoms with Crippen LogP contribution < -0.4 is 0 Å². The molecule has 1 saturated carbocycles. The number of carboxylic acids is 1. The zero-order chi connectivity index (χ0) is 25.9. The maximum atomic E-state index is 13.8. The predicted octanol–water partition coefficient (Wildman–Crippen LogP) is 6.59. The van der Waals surface area contributed by atoms with Gasteiger partial charge in [0.2, 0.25) is 9.76 Å². The van der Waals surface area contributed by atoms with E-state index in [1.165, 1.54) is 12.1 Å². The molecule has 1 heterocycles. The third-order valence-corrected chi connectivity index (χ3v) is 6.86. The van der Waals surface area contributed by atoms with Crippen molar-refractivity contribution in [2.24, 2.45) is 0 Å². The average molecular weight is 504 g/mol. The van der Waals surface area contributed by atoms with E-state index >= 15 is 0 Å². The zero-order valence-electron chi connectivity index (χ0n) is 20.8. The fourth-order valence-corrected chi connectivity index (χ4v) is 4.75. The number of halogens is 1. The second-order valence-corrected chi connectivity index (χ2v) is 12.2. The Kier molecular flexibility index (Phi) is 7.81. The van der Waals surface area contributed by atoms with Gasteiger partial charge in [-0.3, -0.25) is 14.6 Å². The summed E-state index contributed by atoms with van der Waals surface area (Å²) in [6.45, 7) is 6.16. The fourth-order valence-electron chi connectivity index (χ4n) is 4.08. The van der Waals surface area contributed by atoms with E-state index in [1.54, 1.807) is 12.1 Å². The molecule has 36 heavy (non-hydrogen) atoms. The van der Waals surface area contributed by atoms with E-state index in [2.05, 4.69) is 20.8 Å². The van der Waals surface area contributed by atoms with E-state index in [0.29, 0.717) is 5.92 Å². The second kappa shape index (κ2) is 10.8. The van der Waals surface area contributed by atoms with Gasteiger partial charge in [0.25, 0.3) is 0 Å². The Morgan fingerprint density at radius 1 is 1.17 bits per heavy atom. The van der Waals surface area contributed by atoms with Crippen molar-refractivity contribution >= 4 is 38.5 Å². The molecule has 2 aromatic carbocycles. The van der Waals surface area contributed by atoms with Crippen LogP contribution >= 0.6 is 0 Å². The minimum Gasteiger partial charge on any atom is -0.481 e. The number of nitrogens with zero attached hydrogens (tertiary/aromatic N) is 1. The molecule has 0 bridgehead atoms. The monoisotopic (exact) mass is 503 g/mol. The number of ketones is 1. The molecule has 1 aromatic heterocycles. The lowest BCUT2D eigenvalue weighted by Crippen LogP contribution is -2.23. The number of carbonyl (C=O) groups excluding carboxylic acids is 1. The number of pyridine rings is 1. The Morgan fingerprint density at radius 2 is 1.86 bits per heavy atom. The average Bonchev–Trinajstić information content (AvgIpc) is 3.65. The summed E-state index contributed by atoms with van der Waals surface area (Å²) in [7, 11) is 0.135. The third-order valence-electron chi connectivity index (χ3n) is 5.83. The number of Topliss-reactive ketones (excluding diaryl/α,β-unsaturated/α-hetero) is 1.